The molecule has 0 radical (unpaired) electrons. The van der Waals surface area contributed by atoms with Crippen molar-refractivity contribution in [3.8, 4) is 0 Å². The van der Waals surface area contributed by atoms with E-state index in [1.807, 2.05) is 13.8 Å². The van der Waals surface area contributed by atoms with E-state index in [-0.39, 0.29) is 0 Å². The summed E-state index contributed by atoms with van der Waals surface area (Å²) in [5, 5.41) is 15.9. The molecule has 0 saturated carbocycles. The molecule has 0 aromatic carbocycles. The Balaban J connectivity index is 2.23. The van der Waals surface area contributed by atoms with Crippen LogP contribution in [-0.4, -0.2) is 59.3 Å². The zero-order chi connectivity index (χ0) is 20.1. The van der Waals surface area contributed by atoms with Crippen LogP contribution in [0.2, 0.25) is 0 Å². The minimum absolute atomic E-state index is 0.519. The highest BCUT2D eigenvalue weighted by molar-refractivity contribution is 7.80. The summed E-state index contributed by atoms with van der Waals surface area (Å²) in [6.07, 6.45) is 5.02. The van der Waals surface area contributed by atoms with Crippen molar-refractivity contribution in [1.82, 2.24) is 26.4 Å². The maximum atomic E-state index is 5.27. The quantitative estimate of drug-likeness (QED) is 0.262. The molecule has 1 rings (SSSR count). The number of likely N-dealkylation sites (tertiary alicyclic amines) is 1. The van der Waals surface area contributed by atoms with Crippen molar-refractivity contribution in [2.24, 2.45) is 16.1 Å². The third kappa shape index (κ3) is 11.9. The van der Waals surface area contributed by atoms with Crippen LogP contribution in [-0.2, 0) is 0 Å². The van der Waals surface area contributed by atoms with Gasteiger partial charge in [-0.3, -0.25) is 10.9 Å². The van der Waals surface area contributed by atoms with Gasteiger partial charge in [-0.2, -0.15) is 10.2 Å². The van der Waals surface area contributed by atoms with Gasteiger partial charge in [0.05, 0.1) is 11.4 Å². The molecule has 1 fully saturated rings. The van der Waals surface area contributed by atoms with Gasteiger partial charge in [0.1, 0.15) is 0 Å². The summed E-state index contributed by atoms with van der Waals surface area (Å²) in [5.41, 5.74) is 7.19. The third-order valence-corrected chi connectivity index (χ3v) is 4.81. The number of rotatable bonds is 9. The summed E-state index contributed by atoms with van der Waals surface area (Å²) in [6.45, 7) is 13.2. The summed E-state index contributed by atoms with van der Waals surface area (Å²) in [4.78, 5) is 2.47. The molecule has 1 saturated heterocycles. The lowest BCUT2D eigenvalue weighted by Crippen LogP contribution is -2.40. The summed E-state index contributed by atoms with van der Waals surface area (Å²) >= 11 is 10.5. The van der Waals surface area contributed by atoms with Crippen LogP contribution in [0.15, 0.2) is 10.2 Å². The molecule has 4 N–H and O–H groups in total. The van der Waals surface area contributed by atoms with Crippen molar-refractivity contribution in [3.05, 3.63) is 0 Å². The van der Waals surface area contributed by atoms with E-state index < -0.39 is 0 Å². The third-order valence-electron chi connectivity index (χ3n) is 4.34. The molecule has 7 nitrogen and oxygen atoms in total. The molecule has 154 valence electrons. The molecule has 0 atom stereocenters. The van der Waals surface area contributed by atoms with E-state index in [0.29, 0.717) is 16.1 Å². The Morgan fingerprint density at radius 1 is 0.889 bits per heavy atom. The highest BCUT2D eigenvalue weighted by Gasteiger charge is 2.09. The fraction of sp³-hybridized carbons (Fsp3) is 0.778. The zero-order valence-electron chi connectivity index (χ0n) is 17.1. The molecule has 0 aromatic heterocycles. The van der Waals surface area contributed by atoms with E-state index >= 15 is 0 Å². The van der Waals surface area contributed by atoms with Crippen LogP contribution >= 0.6 is 24.4 Å². The Bertz CT molecular complexity index is 526. The average molecular weight is 414 g/mol. The minimum Gasteiger partial charge on any atom is -0.361 e. The number of nitrogens with zero attached hydrogens (tertiary/aromatic N) is 3. The predicted molar refractivity (Wildman–Crippen MR) is 123 cm³/mol. The second kappa shape index (κ2) is 13.8. The van der Waals surface area contributed by atoms with E-state index in [9.17, 15) is 0 Å². The standard InChI is InChI=1S/C18H35N7S2/c1-14(2)8-9-19-17(26)23-21-15(3)16(4)22-24-18(27)20-10-13-25-11-6-5-7-12-25/h14H,5-13H2,1-4H3,(H2,19,23,26)(H2,20,24,27)/b21-15-,22-16-. The van der Waals surface area contributed by atoms with Gasteiger partial charge in [0.2, 0.25) is 0 Å². The number of nitrogens with one attached hydrogen (secondary N) is 4. The van der Waals surface area contributed by atoms with Gasteiger partial charge in [-0.1, -0.05) is 20.3 Å². The number of hydrogen-bond donors (Lipinski definition) is 4. The Morgan fingerprint density at radius 2 is 1.41 bits per heavy atom. The first kappa shape index (κ1) is 23.7. The second-order valence-corrected chi connectivity index (χ2v) is 8.03. The number of piperidine rings is 1. The van der Waals surface area contributed by atoms with Crippen molar-refractivity contribution in [2.45, 2.75) is 53.4 Å². The zero-order valence-corrected chi connectivity index (χ0v) is 18.7. The van der Waals surface area contributed by atoms with Crippen LogP contribution < -0.4 is 21.5 Å². The van der Waals surface area contributed by atoms with Gasteiger partial charge in [0.25, 0.3) is 0 Å². The van der Waals surface area contributed by atoms with Gasteiger partial charge < -0.3 is 15.5 Å². The Labute approximate surface area is 174 Å². The molecule has 0 aliphatic carbocycles. The molecule has 0 amide bonds. The van der Waals surface area contributed by atoms with E-state index in [2.05, 4.69) is 50.4 Å². The molecular formula is C18H35N7S2. The molecule has 0 unspecified atom stereocenters. The molecular weight excluding hydrogens is 378 g/mol. The van der Waals surface area contributed by atoms with Crippen LogP contribution in [0.5, 0.6) is 0 Å². The molecule has 9 heteroatoms. The maximum absolute atomic E-state index is 5.27. The first-order chi connectivity index (χ1) is 12.9. The molecule has 1 aliphatic rings. The lowest BCUT2D eigenvalue weighted by atomic mass is 10.1. The van der Waals surface area contributed by atoms with E-state index in [1.165, 1.54) is 32.4 Å². The average Bonchev–Trinajstić information content (AvgIpc) is 2.64. The van der Waals surface area contributed by atoms with Crippen molar-refractivity contribution >= 4 is 46.1 Å². The first-order valence-corrected chi connectivity index (χ1v) is 10.6. The fourth-order valence-corrected chi connectivity index (χ4v) is 2.79. The molecule has 27 heavy (non-hydrogen) atoms. The number of hydrazone groups is 2. The molecule has 1 heterocycles. The molecule has 0 bridgehead atoms. The van der Waals surface area contributed by atoms with E-state index in [0.717, 1.165) is 37.5 Å². The topological polar surface area (TPSA) is 76.1 Å². The second-order valence-electron chi connectivity index (χ2n) is 7.21. The van der Waals surface area contributed by atoms with Gasteiger partial charge in [0, 0.05) is 19.6 Å². The summed E-state index contributed by atoms with van der Waals surface area (Å²) < 4.78 is 0. The van der Waals surface area contributed by atoms with Gasteiger partial charge in [-0.25, -0.2) is 0 Å². The van der Waals surface area contributed by atoms with Crippen LogP contribution in [0.25, 0.3) is 0 Å². The maximum Gasteiger partial charge on any atom is 0.187 e. The monoisotopic (exact) mass is 413 g/mol. The number of thiocarbonyl (C=S) groups is 2. The van der Waals surface area contributed by atoms with Crippen molar-refractivity contribution in [3.63, 3.8) is 0 Å². The minimum atomic E-state index is 0.519. The summed E-state index contributed by atoms with van der Waals surface area (Å²) in [7, 11) is 0. The lowest BCUT2D eigenvalue weighted by molar-refractivity contribution is 0.232. The summed E-state index contributed by atoms with van der Waals surface area (Å²) in [6, 6.07) is 0. The highest BCUT2D eigenvalue weighted by atomic mass is 32.1. The lowest BCUT2D eigenvalue weighted by Gasteiger charge is -2.26. The van der Waals surface area contributed by atoms with Crippen molar-refractivity contribution in [1.29, 1.82) is 0 Å². The SMILES string of the molecule is CC(=N/NC(=S)NCCC(C)C)/C(C)=N\NC(=S)NCCN1CCCCC1. The van der Waals surface area contributed by atoms with Gasteiger partial charge in [-0.05, 0) is 76.6 Å². The molecule has 1 aliphatic heterocycles. The van der Waals surface area contributed by atoms with Crippen molar-refractivity contribution < 1.29 is 0 Å². The smallest absolute Gasteiger partial charge is 0.187 e. The highest BCUT2D eigenvalue weighted by Crippen LogP contribution is 2.07. The Kier molecular flexibility index (Phi) is 12.1. The van der Waals surface area contributed by atoms with Gasteiger partial charge >= 0.3 is 0 Å². The predicted octanol–water partition coefficient (Wildman–Crippen LogP) is 2.20. The van der Waals surface area contributed by atoms with E-state index in [1.54, 1.807) is 0 Å². The molecule has 0 aromatic rings. The van der Waals surface area contributed by atoms with Crippen LogP contribution in [0.1, 0.15) is 53.4 Å². The first-order valence-electron chi connectivity index (χ1n) is 9.77. The van der Waals surface area contributed by atoms with Crippen LogP contribution in [0.4, 0.5) is 0 Å². The van der Waals surface area contributed by atoms with Crippen molar-refractivity contribution in [2.75, 3.05) is 32.7 Å². The van der Waals surface area contributed by atoms with E-state index in [4.69, 9.17) is 24.4 Å². The largest absolute Gasteiger partial charge is 0.361 e. The van der Waals surface area contributed by atoms with Crippen LogP contribution in [0.3, 0.4) is 0 Å². The van der Waals surface area contributed by atoms with Gasteiger partial charge in [0.15, 0.2) is 10.2 Å². The normalized spacial score (nSPS) is 16.2. The fourth-order valence-electron chi connectivity index (χ4n) is 2.50. The Hall–Kier alpha value is -1.32. The number of hydrogen-bond acceptors (Lipinski definition) is 5. The summed E-state index contributed by atoms with van der Waals surface area (Å²) in [5.74, 6) is 0.642. The molecule has 0 spiro atoms. The Morgan fingerprint density at radius 3 is 1.93 bits per heavy atom. The van der Waals surface area contributed by atoms with Gasteiger partial charge in [-0.15, -0.1) is 0 Å². The van der Waals surface area contributed by atoms with Crippen LogP contribution in [0, 0.1) is 5.92 Å².